The SMILES string of the molecule is C=C.C=CCCCCCC.C=CCCCCCCCCCC. The number of hydrogen-bond donors (Lipinski definition) is 0. The zero-order valence-electron chi connectivity index (χ0n) is 15.9. The molecule has 0 spiro atoms. The van der Waals surface area contributed by atoms with E-state index in [1.54, 1.807) is 0 Å². The van der Waals surface area contributed by atoms with Gasteiger partial charge in [0.1, 0.15) is 0 Å². The topological polar surface area (TPSA) is 0 Å². The highest BCUT2D eigenvalue weighted by atomic mass is 14.0. The van der Waals surface area contributed by atoms with Crippen molar-refractivity contribution in [2.24, 2.45) is 0 Å². The van der Waals surface area contributed by atoms with Crippen molar-refractivity contribution in [3.05, 3.63) is 38.5 Å². The minimum Gasteiger partial charge on any atom is -0.106 e. The van der Waals surface area contributed by atoms with Crippen LogP contribution in [-0.2, 0) is 0 Å². The van der Waals surface area contributed by atoms with E-state index in [0.29, 0.717) is 0 Å². The highest BCUT2D eigenvalue weighted by molar-refractivity contribution is 4.65. The lowest BCUT2D eigenvalue weighted by molar-refractivity contribution is 0.578. The third-order valence-electron chi connectivity index (χ3n) is 3.52. The molecule has 22 heavy (non-hydrogen) atoms. The van der Waals surface area contributed by atoms with Gasteiger partial charge >= 0.3 is 0 Å². The summed E-state index contributed by atoms with van der Waals surface area (Å²) in [5.74, 6) is 0. The van der Waals surface area contributed by atoms with Crippen LogP contribution in [0.25, 0.3) is 0 Å². The van der Waals surface area contributed by atoms with Crippen molar-refractivity contribution in [2.45, 2.75) is 104 Å². The van der Waals surface area contributed by atoms with Crippen LogP contribution in [-0.4, -0.2) is 0 Å². The first-order valence-corrected chi connectivity index (χ1v) is 9.55. The van der Waals surface area contributed by atoms with E-state index in [1.807, 2.05) is 12.2 Å². The quantitative estimate of drug-likeness (QED) is 0.222. The maximum absolute atomic E-state index is 3.72. The van der Waals surface area contributed by atoms with Gasteiger partial charge in [-0.15, -0.1) is 26.3 Å². The average molecular weight is 309 g/mol. The maximum atomic E-state index is 3.72. The van der Waals surface area contributed by atoms with Crippen LogP contribution in [0.1, 0.15) is 104 Å². The Balaban J connectivity index is -0.000000313. The average Bonchev–Trinajstić information content (AvgIpc) is 2.57. The van der Waals surface area contributed by atoms with Crippen molar-refractivity contribution in [1.29, 1.82) is 0 Å². The molecule has 0 aromatic carbocycles. The molecule has 0 aliphatic rings. The van der Waals surface area contributed by atoms with Crippen LogP contribution in [0.4, 0.5) is 0 Å². The van der Waals surface area contributed by atoms with Gasteiger partial charge in [0.2, 0.25) is 0 Å². The van der Waals surface area contributed by atoms with E-state index in [-0.39, 0.29) is 0 Å². The highest BCUT2D eigenvalue weighted by Gasteiger charge is 1.89. The van der Waals surface area contributed by atoms with Crippen LogP contribution >= 0.6 is 0 Å². The molecule has 0 atom stereocenters. The van der Waals surface area contributed by atoms with Crippen LogP contribution < -0.4 is 0 Å². The molecular weight excluding hydrogens is 264 g/mol. The van der Waals surface area contributed by atoms with Crippen LogP contribution in [0.5, 0.6) is 0 Å². The first-order valence-electron chi connectivity index (χ1n) is 9.55. The third kappa shape index (κ3) is 36.5. The minimum atomic E-state index is 1.19. The lowest BCUT2D eigenvalue weighted by Gasteiger charge is -1.99. The second kappa shape index (κ2) is 32.2. The largest absolute Gasteiger partial charge is 0.106 e. The Morgan fingerprint density at radius 2 is 0.773 bits per heavy atom. The second-order valence-corrected chi connectivity index (χ2v) is 5.69. The van der Waals surface area contributed by atoms with E-state index in [2.05, 4.69) is 40.2 Å². The Morgan fingerprint density at radius 1 is 0.500 bits per heavy atom. The summed E-state index contributed by atoms with van der Waals surface area (Å²) in [5.41, 5.74) is 0. The first-order chi connectivity index (χ1) is 10.8. The Morgan fingerprint density at radius 3 is 1.09 bits per heavy atom. The molecule has 0 N–H and O–H groups in total. The minimum absolute atomic E-state index is 1.19. The van der Waals surface area contributed by atoms with E-state index in [4.69, 9.17) is 0 Å². The Hall–Kier alpha value is -0.780. The lowest BCUT2D eigenvalue weighted by atomic mass is 10.1. The van der Waals surface area contributed by atoms with Crippen LogP contribution in [0.15, 0.2) is 38.5 Å². The zero-order chi connectivity index (χ0) is 17.3. The number of hydrogen-bond acceptors (Lipinski definition) is 0. The van der Waals surface area contributed by atoms with E-state index >= 15 is 0 Å². The Kier molecular flexibility index (Phi) is 38.3. The van der Waals surface area contributed by atoms with Gasteiger partial charge < -0.3 is 0 Å². The summed E-state index contributed by atoms with van der Waals surface area (Å²) in [4.78, 5) is 0. The normalized spacial score (nSPS) is 9.00. The van der Waals surface area contributed by atoms with Crippen molar-refractivity contribution < 1.29 is 0 Å². The van der Waals surface area contributed by atoms with Gasteiger partial charge in [0, 0.05) is 0 Å². The van der Waals surface area contributed by atoms with Gasteiger partial charge in [-0.25, -0.2) is 0 Å². The Bertz CT molecular complexity index is 180. The molecule has 0 aliphatic carbocycles. The number of allylic oxidation sites excluding steroid dienone is 2. The van der Waals surface area contributed by atoms with Crippen molar-refractivity contribution >= 4 is 0 Å². The zero-order valence-corrected chi connectivity index (χ0v) is 15.9. The summed E-state index contributed by atoms with van der Waals surface area (Å²) in [6, 6.07) is 0. The van der Waals surface area contributed by atoms with Crippen molar-refractivity contribution in [3.8, 4) is 0 Å². The molecule has 0 aromatic rings. The van der Waals surface area contributed by atoms with Crippen molar-refractivity contribution in [1.82, 2.24) is 0 Å². The maximum Gasteiger partial charge on any atom is -0.0353 e. The van der Waals surface area contributed by atoms with Gasteiger partial charge in [0.15, 0.2) is 0 Å². The van der Waals surface area contributed by atoms with E-state index < -0.39 is 0 Å². The Labute approximate surface area is 142 Å². The fraction of sp³-hybridized carbons (Fsp3) is 0.727. The monoisotopic (exact) mass is 308 g/mol. The van der Waals surface area contributed by atoms with Gasteiger partial charge in [-0.05, 0) is 25.7 Å². The molecule has 0 saturated heterocycles. The van der Waals surface area contributed by atoms with Gasteiger partial charge in [-0.3, -0.25) is 0 Å². The molecule has 0 bridgehead atoms. The standard InChI is InChI=1S/C12H24.C8H16.C2H4/c1-3-5-7-9-11-12-10-8-6-4-2;1-3-5-7-8-6-4-2;1-2/h3H,1,4-12H2,2H3;3H,1,4-8H2,2H3;1-2H2. The first kappa shape index (κ1) is 26.1. The molecule has 0 heterocycles. The van der Waals surface area contributed by atoms with E-state index in [0.717, 1.165) is 0 Å². The summed E-state index contributed by atoms with van der Waals surface area (Å²) in [6.45, 7) is 17.9. The van der Waals surface area contributed by atoms with E-state index in [9.17, 15) is 0 Å². The summed E-state index contributed by atoms with van der Waals surface area (Å²) >= 11 is 0. The third-order valence-corrected chi connectivity index (χ3v) is 3.52. The molecule has 0 saturated carbocycles. The molecule has 0 amide bonds. The van der Waals surface area contributed by atoms with Gasteiger partial charge in [0.05, 0.1) is 0 Å². The van der Waals surface area contributed by atoms with Crippen LogP contribution in [0.3, 0.4) is 0 Å². The van der Waals surface area contributed by atoms with Gasteiger partial charge in [-0.2, -0.15) is 0 Å². The second-order valence-electron chi connectivity index (χ2n) is 5.69. The molecule has 0 nitrogen and oxygen atoms in total. The fourth-order valence-electron chi connectivity index (χ4n) is 2.14. The predicted molar refractivity (Wildman–Crippen MR) is 108 cm³/mol. The number of unbranched alkanes of at least 4 members (excludes halogenated alkanes) is 12. The molecule has 0 fully saturated rings. The van der Waals surface area contributed by atoms with Crippen molar-refractivity contribution in [3.63, 3.8) is 0 Å². The molecule has 0 radical (unpaired) electrons. The van der Waals surface area contributed by atoms with E-state index in [1.165, 1.54) is 89.9 Å². The summed E-state index contributed by atoms with van der Waals surface area (Å²) in [6.07, 6.45) is 23.1. The summed E-state index contributed by atoms with van der Waals surface area (Å²) in [5, 5.41) is 0. The van der Waals surface area contributed by atoms with Gasteiger partial charge in [-0.1, -0.05) is 90.2 Å². The smallest absolute Gasteiger partial charge is 0.0353 e. The molecule has 0 unspecified atom stereocenters. The fourth-order valence-corrected chi connectivity index (χ4v) is 2.14. The van der Waals surface area contributed by atoms with Crippen LogP contribution in [0.2, 0.25) is 0 Å². The molecule has 0 aromatic heterocycles. The molecule has 132 valence electrons. The molecule has 0 rings (SSSR count). The van der Waals surface area contributed by atoms with Crippen LogP contribution in [0, 0.1) is 0 Å². The predicted octanol–water partition coefficient (Wildman–Crippen LogP) is 8.65. The highest BCUT2D eigenvalue weighted by Crippen LogP contribution is 2.09. The molecule has 0 aliphatic heterocycles. The van der Waals surface area contributed by atoms with Gasteiger partial charge in [0.25, 0.3) is 0 Å². The summed E-state index contributed by atoms with van der Waals surface area (Å²) < 4.78 is 0. The molecule has 0 heteroatoms. The number of rotatable bonds is 14. The molecular formula is C22H44. The lowest BCUT2D eigenvalue weighted by Crippen LogP contribution is -1.79. The van der Waals surface area contributed by atoms with Crippen molar-refractivity contribution in [2.75, 3.05) is 0 Å². The summed E-state index contributed by atoms with van der Waals surface area (Å²) in [7, 11) is 0.